The number of esters is 1. The number of carbonyl (C=O) groups is 1. The van der Waals surface area contributed by atoms with Crippen molar-refractivity contribution >= 4 is 23.4 Å². The van der Waals surface area contributed by atoms with E-state index in [1.807, 2.05) is 19.9 Å². The first-order valence-corrected chi connectivity index (χ1v) is 12.9. The molecule has 0 amide bonds. The van der Waals surface area contributed by atoms with Crippen LogP contribution in [0.5, 0.6) is 23.0 Å². The Morgan fingerprint density at radius 2 is 1.87 bits per heavy atom. The summed E-state index contributed by atoms with van der Waals surface area (Å²) in [6.45, 7) is 7.47. The molecule has 0 saturated heterocycles. The van der Waals surface area contributed by atoms with Gasteiger partial charge < -0.3 is 24.1 Å². The highest BCUT2D eigenvalue weighted by molar-refractivity contribution is 7.07. The van der Waals surface area contributed by atoms with Crippen LogP contribution in [0.4, 0.5) is 0 Å². The molecular formula is C28H30N2O7S. The molecule has 0 unspecified atom stereocenters. The zero-order valence-corrected chi connectivity index (χ0v) is 22.9. The maximum Gasteiger partial charge on any atom is 0.338 e. The molecule has 0 saturated carbocycles. The zero-order chi connectivity index (χ0) is 27.6. The molecule has 1 N–H and O–H groups in total. The second kappa shape index (κ2) is 11.1. The zero-order valence-electron chi connectivity index (χ0n) is 22.1. The van der Waals surface area contributed by atoms with Crippen LogP contribution in [0.2, 0.25) is 0 Å². The van der Waals surface area contributed by atoms with E-state index < -0.39 is 12.0 Å². The number of aromatic hydroxyl groups is 1. The maximum atomic E-state index is 13.8. The summed E-state index contributed by atoms with van der Waals surface area (Å²) in [5, 5.41) is 9.93. The second-order valence-corrected chi connectivity index (χ2v) is 9.82. The van der Waals surface area contributed by atoms with Crippen LogP contribution in [0.15, 0.2) is 57.5 Å². The van der Waals surface area contributed by atoms with Gasteiger partial charge >= 0.3 is 5.97 Å². The van der Waals surface area contributed by atoms with Crippen molar-refractivity contribution in [3.63, 3.8) is 0 Å². The van der Waals surface area contributed by atoms with E-state index >= 15 is 0 Å². The molecule has 200 valence electrons. The standard InChI is InChI=1S/C28H30N2O7S/c1-7-36-27(33)24-16(4)29-28-30(25(24)18-9-11-20(37-15(2)3)22(14-18)35-6)26(32)23(38-28)13-17-8-10-19(31)21(12-17)34-5/h8-15,25,31H,7H2,1-6H3/b23-13-/t25-/m0/s1. The largest absolute Gasteiger partial charge is 0.504 e. The van der Waals surface area contributed by atoms with Crippen LogP contribution in [0, 0.1) is 0 Å². The Kier molecular flexibility index (Phi) is 7.91. The summed E-state index contributed by atoms with van der Waals surface area (Å²) in [6.07, 6.45) is 1.63. The number of carbonyl (C=O) groups excluding carboxylic acids is 1. The third-order valence-corrected chi connectivity index (χ3v) is 6.87. The van der Waals surface area contributed by atoms with Crippen molar-refractivity contribution in [3.8, 4) is 23.0 Å². The minimum absolute atomic E-state index is 0.000321. The molecule has 0 bridgehead atoms. The molecular weight excluding hydrogens is 508 g/mol. The Labute approximate surface area is 223 Å². The van der Waals surface area contributed by atoms with E-state index in [0.29, 0.717) is 43.4 Å². The normalized spacial score (nSPS) is 15.2. The fourth-order valence-electron chi connectivity index (χ4n) is 4.25. The van der Waals surface area contributed by atoms with Gasteiger partial charge in [0, 0.05) is 0 Å². The van der Waals surface area contributed by atoms with Crippen molar-refractivity contribution in [1.82, 2.24) is 4.57 Å². The third kappa shape index (κ3) is 5.17. The molecule has 0 spiro atoms. The van der Waals surface area contributed by atoms with Crippen LogP contribution in [-0.4, -0.2) is 42.6 Å². The lowest BCUT2D eigenvalue weighted by Crippen LogP contribution is -2.40. The highest BCUT2D eigenvalue weighted by Gasteiger charge is 2.34. The first-order valence-electron chi connectivity index (χ1n) is 12.1. The predicted octanol–water partition coefficient (Wildman–Crippen LogP) is 3.31. The number of ether oxygens (including phenoxy) is 4. The van der Waals surface area contributed by atoms with Crippen LogP contribution in [0.1, 0.15) is 44.9 Å². The lowest BCUT2D eigenvalue weighted by Gasteiger charge is -2.25. The van der Waals surface area contributed by atoms with E-state index in [9.17, 15) is 14.7 Å². The molecule has 10 heteroatoms. The quantitative estimate of drug-likeness (QED) is 0.439. The maximum absolute atomic E-state index is 13.8. The Morgan fingerprint density at radius 3 is 2.53 bits per heavy atom. The number of aromatic nitrogens is 1. The number of allylic oxidation sites excluding steroid dienone is 1. The second-order valence-electron chi connectivity index (χ2n) is 8.81. The average Bonchev–Trinajstić information content (AvgIpc) is 3.18. The molecule has 38 heavy (non-hydrogen) atoms. The van der Waals surface area contributed by atoms with Crippen molar-refractivity contribution in [3.05, 3.63) is 78.5 Å². The molecule has 2 aromatic carbocycles. The lowest BCUT2D eigenvalue weighted by molar-refractivity contribution is -0.139. The summed E-state index contributed by atoms with van der Waals surface area (Å²) in [5.41, 5.74) is 1.74. The van der Waals surface area contributed by atoms with Gasteiger partial charge in [0.25, 0.3) is 5.56 Å². The number of rotatable bonds is 8. The van der Waals surface area contributed by atoms with Gasteiger partial charge in [-0.3, -0.25) is 9.36 Å². The number of phenols is 1. The number of hydrogen-bond donors (Lipinski definition) is 1. The summed E-state index contributed by atoms with van der Waals surface area (Å²) in [6, 6.07) is 9.38. The highest BCUT2D eigenvalue weighted by atomic mass is 32.1. The van der Waals surface area contributed by atoms with Gasteiger partial charge in [-0.2, -0.15) is 0 Å². The van der Waals surface area contributed by atoms with E-state index in [0.717, 1.165) is 0 Å². The molecule has 0 radical (unpaired) electrons. The van der Waals surface area contributed by atoms with E-state index in [1.165, 1.54) is 36.2 Å². The van der Waals surface area contributed by atoms with Gasteiger partial charge in [0.1, 0.15) is 0 Å². The van der Waals surface area contributed by atoms with Crippen LogP contribution in [0.25, 0.3) is 6.08 Å². The van der Waals surface area contributed by atoms with E-state index in [1.54, 1.807) is 44.2 Å². The predicted molar refractivity (Wildman–Crippen MR) is 144 cm³/mol. The third-order valence-electron chi connectivity index (χ3n) is 5.88. The SMILES string of the molecule is CCOC(=O)C1=C(C)N=c2s/c(=C\c3ccc(O)c(OC)c3)c(=O)n2[C@H]1c1ccc(OC(C)C)c(OC)c1. The van der Waals surface area contributed by atoms with Crippen LogP contribution in [0.3, 0.4) is 0 Å². The number of phenolic OH excluding ortho intramolecular Hbond substituents is 1. The van der Waals surface area contributed by atoms with Crippen LogP contribution in [-0.2, 0) is 9.53 Å². The van der Waals surface area contributed by atoms with Gasteiger partial charge in [0.05, 0.1) is 48.8 Å². The molecule has 4 rings (SSSR count). The minimum atomic E-state index is -0.788. The molecule has 1 aliphatic heterocycles. The number of thiazole rings is 1. The summed E-state index contributed by atoms with van der Waals surface area (Å²) in [5.74, 6) is 0.781. The molecule has 2 heterocycles. The Hall–Kier alpha value is -4.05. The Balaban J connectivity index is 1.94. The molecule has 0 aliphatic carbocycles. The van der Waals surface area contributed by atoms with E-state index in [-0.39, 0.29) is 29.6 Å². The fraction of sp³-hybridized carbons (Fsp3) is 0.321. The molecule has 9 nitrogen and oxygen atoms in total. The van der Waals surface area contributed by atoms with Crippen molar-refractivity contribution in [2.45, 2.75) is 39.8 Å². The molecule has 1 aliphatic rings. The van der Waals surface area contributed by atoms with E-state index in [4.69, 9.17) is 18.9 Å². The van der Waals surface area contributed by atoms with Gasteiger partial charge in [-0.05, 0) is 69.2 Å². The van der Waals surface area contributed by atoms with Crippen LogP contribution < -0.4 is 29.1 Å². The number of nitrogens with zero attached hydrogens (tertiary/aromatic N) is 2. The van der Waals surface area contributed by atoms with Crippen LogP contribution >= 0.6 is 11.3 Å². The molecule has 0 fully saturated rings. The number of hydrogen-bond acceptors (Lipinski definition) is 9. The molecule has 3 aromatic rings. The van der Waals surface area contributed by atoms with Gasteiger partial charge in [0.2, 0.25) is 0 Å². The number of benzene rings is 2. The highest BCUT2D eigenvalue weighted by Crippen LogP contribution is 2.36. The van der Waals surface area contributed by atoms with Gasteiger partial charge in [-0.1, -0.05) is 23.5 Å². The first-order chi connectivity index (χ1) is 18.2. The summed E-state index contributed by atoms with van der Waals surface area (Å²) < 4.78 is 23.9. The topological polar surface area (TPSA) is 109 Å². The first kappa shape index (κ1) is 27.0. The number of methoxy groups -OCH3 is 2. The Bertz CT molecular complexity index is 1580. The van der Waals surface area contributed by atoms with Crippen molar-refractivity contribution in [2.75, 3.05) is 20.8 Å². The van der Waals surface area contributed by atoms with Gasteiger partial charge in [0.15, 0.2) is 27.8 Å². The van der Waals surface area contributed by atoms with E-state index in [2.05, 4.69) is 4.99 Å². The number of fused-ring (bicyclic) bond motifs is 1. The monoisotopic (exact) mass is 538 g/mol. The van der Waals surface area contributed by atoms with Gasteiger partial charge in [-0.15, -0.1) is 0 Å². The lowest BCUT2D eigenvalue weighted by atomic mass is 9.95. The summed E-state index contributed by atoms with van der Waals surface area (Å²) in [4.78, 5) is 32.0. The Morgan fingerprint density at radius 1 is 1.13 bits per heavy atom. The van der Waals surface area contributed by atoms with Crippen molar-refractivity contribution in [2.24, 2.45) is 4.99 Å². The van der Waals surface area contributed by atoms with Crippen molar-refractivity contribution in [1.29, 1.82) is 0 Å². The fourth-order valence-corrected chi connectivity index (χ4v) is 5.29. The summed E-state index contributed by atoms with van der Waals surface area (Å²) >= 11 is 1.21. The average molecular weight is 539 g/mol. The van der Waals surface area contributed by atoms with Gasteiger partial charge in [-0.25, -0.2) is 9.79 Å². The molecule has 1 aromatic heterocycles. The minimum Gasteiger partial charge on any atom is -0.504 e. The molecule has 1 atom stereocenters. The smallest absolute Gasteiger partial charge is 0.338 e. The summed E-state index contributed by atoms with van der Waals surface area (Å²) in [7, 11) is 3.00. The van der Waals surface area contributed by atoms with Crippen molar-refractivity contribution < 1.29 is 28.8 Å².